The summed E-state index contributed by atoms with van der Waals surface area (Å²) in [5.74, 6) is 0. The highest BCUT2D eigenvalue weighted by Crippen LogP contribution is 2.51. The topological polar surface area (TPSA) is 3.24 Å². The maximum Gasteiger partial charge on any atom is 0.179 e. The predicted molar refractivity (Wildman–Crippen MR) is 245 cm³/mol. The third-order valence-corrected chi connectivity index (χ3v) is 17.0. The van der Waals surface area contributed by atoms with E-state index in [1.165, 1.54) is 64.9 Å². The van der Waals surface area contributed by atoms with E-state index in [0.717, 1.165) is 17.1 Å². The molecule has 9 aromatic carbocycles. The van der Waals surface area contributed by atoms with E-state index in [9.17, 15) is 0 Å². The summed E-state index contributed by atoms with van der Waals surface area (Å²) < 4.78 is 0. The van der Waals surface area contributed by atoms with E-state index in [2.05, 4.69) is 243 Å². The van der Waals surface area contributed by atoms with Crippen LogP contribution in [-0.2, 0) is 5.41 Å². The largest absolute Gasteiger partial charge is 0.310 e. The van der Waals surface area contributed by atoms with Gasteiger partial charge in [0.15, 0.2) is 8.07 Å². The maximum absolute atomic E-state index is 2.67. The van der Waals surface area contributed by atoms with Gasteiger partial charge in [-0.3, -0.25) is 0 Å². The Kier molecular flexibility index (Phi) is 8.58. The molecular formula is C55H43NSi. The van der Waals surface area contributed by atoms with Crippen LogP contribution in [0.4, 0.5) is 17.1 Å². The van der Waals surface area contributed by atoms with Gasteiger partial charge in [-0.15, -0.1) is 0 Å². The Bertz CT molecular complexity index is 2730. The summed E-state index contributed by atoms with van der Waals surface area (Å²) in [6, 6.07) is 83.3. The van der Waals surface area contributed by atoms with Crippen molar-refractivity contribution in [2.75, 3.05) is 4.90 Å². The van der Waals surface area contributed by atoms with Crippen LogP contribution in [-0.4, -0.2) is 8.07 Å². The molecule has 0 N–H and O–H groups in total. The average molecular weight is 746 g/mol. The van der Waals surface area contributed by atoms with Gasteiger partial charge in [-0.2, -0.15) is 0 Å². The van der Waals surface area contributed by atoms with Crippen molar-refractivity contribution in [3.05, 3.63) is 236 Å². The van der Waals surface area contributed by atoms with Crippen LogP contribution in [0.1, 0.15) is 25.0 Å². The third kappa shape index (κ3) is 5.84. The Morgan fingerprint density at radius 2 is 0.737 bits per heavy atom. The lowest BCUT2D eigenvalue weighted by Crippen LogP contribution is -2.74. The minimum Gasteiger partial charge on any atom is -0.310 e. The SMILES string of the molecule is CC1(C)c2ccc(N(c3ccc(-c4ccccc4)cc3)c3ccc([Si](c4ccccc4)(c4ccccc4)c4ccccc4)cc3)cc2-c2cc3ccccc3cc21. The van der Waals surface area contributed by atoms with Crippen LogP contribution < -0.4 is 25.6 Å². The van der Waals surface area contributed by atoms with Crippen molar-refractivity contribution < 1.29 is 0 Å². The molecule has 0 bridgehead atoms. The molecule has 0 unspecified atom stereocenters. The Morgan fingerprint density at radius 1 is 0.333 bits per heavy atom. The second-order valence-corrected chi connectivity index (χ2v) is 19.6. The first-order valence-corrected chi connectivity index (χ1v) is 21.9. The van der Waals surface area contributed by atoms with E-state index in [1.54, 1.807) is 0 Å². The van der Waals surface area contributed by atoms with Crippen molar-refractivity contribution in [1.29, 1.82) is 0 Å². The van der Waals surface area contributed by atoms with Gasteiger partial charge in [-0.25, -0.2) is 0 Å². The van der Waals surface area contributed by atoms with E-state index < -0.39 is 8.07 Å². The average Bonchev–Trinajstić information content (AvgIpc) is 3.49. The Labute approximate surface area is 337 Å². The lowest BCUT2D eigenvalue weighted by Gasteiger charge is -2.35. The van der Waals surface area contributed by atoms with Crippen molar-refractivity contribution >= 4 is 56.7 Å². The normalized spacial score (nSPS) is 12.9. The fourth-order valence-electron chi connectivity index (χ4n) is 9.37. The summed E-state index contributed by atoms with van der Waals surface area (Å²) in [4.78, 5) is 2.43. The molecule has 57 heavy (non-hydrogen) atoms. The molecule has 0 saturated heterocycles. The molecule has 0 amide bonds. The van der Waals surface area contributed by atoms with Gasteiger partial charge in [0.05, 0.1) is 0 Å². The van der Waals surface area contributed by atoms with Gasteiger partial charge in [-0.05, 0) is 113 Å². The summed E-state index contributed by atoms with van der Waals surface area (Å²) in [6.07, 6.45) is 0. The Hall–Kier alpha value is -6.74. The smallest absolute Gasteiger partial charge is 0.179 e. The molecule has 0 atom stereocenters. The summed E-state index contributed by atoms with van der Waals surface area (Å²) in [6.45, 7) is 4.74. The summed E-state index contributed by atoms with van der Waals surface area (Å²) in [5, 5.41) is 8.03. The van der Waals surface area contributed by atoms with Gasteiger partial charge in [0.25, 0.3) is 0 Å². The second kappa shape index (κ2) is 14.1. The number of anilines is 3. The second-order valence-electron chi connectivity index (χ2n) is 15.7. The minimum atomic E-state index is -2.67. The van der Waals surface area contributed by atoms with Gasteiger partial charge < -0.3 is 4.90 Å². The highest BCUT2D eigenvalue weighted by molar-refractivity contribution is 7.19. The van der Waals surface area contributed by atoms with Crippen molar-refractivity contribution in [1.82, 2.24) is 0 Å². The molecule has 0 fully saturated rings. The van der Waals surface area contributed by atoms with Crippen molar-refractivity contribution in [2.24, 2.45) is 0 Å². The minimum absolute atomic E-state index is 0.0999. The van der Waals surface area contributed by atoms with Gasteiger partial charge in [0.1, 0.15) is 0 Å². The number of nitrogens with zero attached hydrogens (tertiary/aromatic N) is 1. The number of rotatable bonds is 8. The molecule has 9 aromatic rings. The van der Waals surface area contributed by atoms with Crippen LogP contribution in [0.2, 0.25) is 0 Å². The zero-order valence-corrected chi connectivity index (χ0v) is 33.3. The third-order valence-electron chi connectivity index (χ3n) is 12.2. The van der Waals surface area contributed by atoms with Crippen LogP contribution in [0.5, 0.6) is 0 Å². The fraction of sp³-hybridized carbons (Fsp3) is 0.0545. The highest BCUT2D eigenvalue weighted by Gasteiger charge is 2.41. The molecule has 1 nitrogen and oxygen atoms in total. The van der Waals surface area contributed by atoms with E-state index in [0.29, 0.717) is 0 Å². The first kappa shape index (κ1) is 34.7. The van der Waals surface area contributed by atoms with Crippen LogP contribution in [0.25, 0.3) is 33.0 Å². The summed E-state index contributed by atoms with van der Waals surface area (Å²) in [5.41, 5.74) is 11.1. The van der Waals surface area contributed by atoms with Crippen molar-refractivity contribution in [2.45, 2.75) is 19.3 Å². The van der Waals surface area contributed by atoms with E-state index in [-0.39, 0.29) is 5.41 Å². The molecule has 0 radical (unpaired) electrons. The molecule has 1 aliphatic rings. The highest BCUT2D eigenvalue weighted by atomic mass is 28.3. The zero-order chi connectivity index (χ0) is 38.4. The molecule has 0 heterocycles. The first-order chi connectivity index (χ1) is 28.0. The van der Waals surface area contributed by atoms with Crippen LogP contribution in [0.3, 0.4) is 0 Å². The Balaban J connectivity index is 1.15. The van der Waals surface area contributed by atoms with Gasteiger partial charge >= 0.3 is 0 Å². The standard InChI is InChI=1S/C55H43NSi/c1-55(2)53-36-33-46(39-52(53)51-37-42-19-15-16-20-43(42)38-54(51)55)56(44-29-27-41(28-30-44)40-17-7-3-8-18-40)45-31-34-50(35-32-45)57(47-21-9-4-10-22-47,48-23-11-5-12-24-48)49-25-13-6-14-26-49/h3-39H,1-2H3. The van der Waals surface area contributed by atoms with Crippen molar-refractivity contribution in [3.8, 4) is 22.3 Å². The molecule has 0 saturated carbocycles. The van der Waals surface area contributed by atoms with Crippen LogP contribution in [0.15, 0.2) is 224 Å². The molecule has 0 spiro atoms. The molecule has 10 rings (SSSR count). The monoisotopic (exact) mass is 745 g/mol. The van der Waals surface area contributed by atoms with Gasteiger partial charge in [-0.1, -0.05) is 190 Å². The number of benzene rings is 9. The lowest BCUT2D eigenvalue weighted by atomic mass is 9.82. The molecule has 2 heteroatoms. The first-order valence-electron chi connectivity index (χ1n) is 19.9. The lowest BCUT2D eigenvalue weighted by molar-refractivity contribution is 0.661. The molecule has 0 aliphatic heterocycles. The fourth-order valence-corrected chi connectivity index (χ4v) is 14.1. The van der Waals surface area contributed by atoms with Gasteiger partial charge in [0.2, 0.25) is 0 Å². The zero-order valence-electron chi connectivity index (χ0n) is 32.3. The van der Waals surface area contributed by atoms with Gasteiger partial charge in [0, 0.05) is 22.5 Å². The van der Waals surface area contributed by atoms with E-state index in [1.807, 2.05) is 0 Å². The quantitative estimate of drug-likeness (QED) is 0.111. The molecule has 0 aromatic heterocycles. The number of fused-ring (bicyclic) bond motifs is 4. The van der Waals surface area contributed by atoms with Crippen LogP contribution >= 0.6 is 0 Å². The predicted octanol–water partition coefficient (Wildman–Crippen LogP) is 11.7. The number of hydrogen-bond donors (Lipinski definition) is 0. The molecular weight excluding hydrogens is 703 g/mol. The Morgan fingerprint density at radius 3 is 1.28 bits per heavy atom. The van der Waals surface area contributed by atoms with Crippen LogP contribution in [0, 0.1) is 0 Å². The molecule has 1 aliphatic carbocycles. The van der Waals surface area contributed by atoms with E-state index >= 15 is 0 Å². The van der Waals surface area contributed by atoms with Crippen molar-refractivity contribution in [3.63, 3.8) is 0 Å². The molecule has 272 valence electrons. The number of hydrogen-bond acceptors (Lipinski definition) is 1. The maximum atomic E-state index is 2.43. The summed E-state index contributed by atoms with van der Waals surface area (Å²) in [7, 11) is -2.67. The van der Waals surface area contributed by atoms with E-state index in [4.69, 9.17) is 0 Å². The summed E-state index contributed by atoms with van der Waals surface area (Å²) >= 11 is 0.